The second-order valence-corrected chi connectivity index (χ2v) is 8.96. The Kier molecular flexibility index (Phi) is 5.48. The second kappa shape index (κ2) is 8.42. The molecule has 0 unspecified atom stereocenters. The zero-order valence-corrected chi connectivity index (χ0v) is 17.8. The molecule has 2 atom stereocenters. The van der Waals surface area contributed by atoms with Gasteiger partial charge >= 0.3 is 0 Å². The minimum absolute atomic E-state index is 0.0111. The van der Waals surface area contributed by atoms with Gasteiger partial charge in [-0.3, -0.25) is 14.6 Å². The van der Waals surface area contributed by atoms with Crippen LogP contribution < -0.4 is 5.32 Å². The van der Waals surface area contributed by atoms with Gasteiger partial charge in [-0.15, -0.1) is 0 Å². The smallest absolute Gasteiger partial charge is 0.254 e. The molecule has 1 aliphatic carbocycles. The van der Waals surface area contributed by atoms with Crippen LogP contribution >= 0.6 is 0 Å². The Balaban J connectivity index is 1.51. The average Bonchev–Trinajstić information content (AvgIpc) is 3.49. The summed E-state index contributed by atoms with van der Waals surface area (Å²) >= 11 is 0. The number of nitrogens with zero attached hydrogens (tertiary/aromatic N) is 2. The molecule has 1 N–H and O–H groups in total. The number of rotatable bonds is 5. The summed E-state index contributed by atoms with van der Waals surface area (Å²) < 4.78 is 5.89. The maximum absolute atomic E-state index is 13.7. The molecule has 2 fully saturated rings. The van der Waals surface area contributed by atoms with Crippen LogP contribution in [0.25, 0.3) is 0 Å². The van der Waals surface area contributed by atoms with Gasteiger partial charge in [0.1, 0.15) is 0 Å². The monoisotopic (exact) mass is 419 g/mol. The van der Waals surface area contributed by atoms with Gasteiger partial charge in [-0.25, -0.2) is 0 Å². The maximum Gasteiger partial charge on any atom is 0.254 e. The first-order chi connectivity index (χ1) is 15.2. The number of nitrogens with one attached hydrogen (secondary N) is 1. The molecule has 2 aromatic rings. The van der Waals surface area contributed by atoms with E-state index in [9.17, 15) is 9.59 Å². The zero-order valence-electron chi connectivity index (χ0n) is 17.8. The molecule has 0 bridgehead atoms. The molecule has 6 nitrogen and oxygen atoms in total. The Morgan fingerprint density at radius 2 is 2.00 bits per heavy atom. The van der Waals surface area contributed by atoms with Crippen LogP contribution in [-0.4, -0.2) is 46.5 Å². The van der Waals surface area contributed by atoms with E-state index in [0.29, 0.717) is 18.7 Å². The fourth-order valence-corrected chi connectivity index (χ4v) is 5.72. The average molecular weight is 420 g/mol. The Bertz CT molecular complexity index is 949. The van der Waals surface area contributed by atoms with E-state index in [-0.39, 0.29) is 23.8 Å². The highest BCUT2D eigenvalue weighted by Gasteiger charge is 2.55. The number of amides is 2. The van der Waals surface area contributed by atoms with Crippen LogP contribution in [0.15, 0.2) is 48.8 Å². The van der Waals surface area contributed by atoms with Crippen LogP contribution in [0.3, 0.4) is 0 Å². The lowest BCUT2D eigenvalue weighted by Gasteiger charge is -2.50. The number of pyridine rings is 1. The summed E-state index contributed by atoms with van der Waals surface area (Å²) in [5.41, 5.74) is 2.00. The van der Waals surface area contributed by atoms with Gasteiger partial charge in [-0.05, 0) is 48.9 Å². The van der Waals surface area contributed by atoms with Crippen molar-refractivity contribution >= 4 is 11.8 Å². The molecule has 1 spiro atoms. The molecule has 2 amide bonds. The lowest BCUT2D eigenvalue weighted by Crippen LogP contribution is -2.62. The van der Waals surface area contributed by atoms with E-state index in [1.807, 2.05) is 41.3 Å². The van der Waals surface area contributed by atoms with Crippen LogP contribution in [0, 0.1) is 0 Å². The number of carbonyl (C=O) groups is 2. The molecular weight excluding hydrogens is 390 g/mol. The highest BCUT2D eigenvalue weighted by atomic mass is 16.5. The minimum Gasteiger partial charge on any atom is -0.376 e. The summed E-state index contributed by atoms with van der Waals surface area (Å²) in [6.07, 6.45) is 9.33. The SMILES string of the molecule is O=C(NCc1cccnc1)[C@@H]1c2ccccc2C(=O)N(C[C@@H]2CCCO2)C12CCCC2. The molecule has 5 rings (SSSR count). The second-order valence-electron chi connectivity index (χ2n) is 8.96. The van der Waals surface area contributed by atoms with Crippen LogP contribution in [0.1, 0.15) is 65.9 Å². The Hall–Kier alpha value is -2.73. The molecule has 1 saturated heterocycles. The van der Waals surface area contributed by atoms with E-state index in [4.69, 9.17) is 4.74 Å². The molecule has 1 aromatic carbocycles. The third-order valence-electron chi connectivity index (χ3n) is 7.15. The van der Waals surface area contributed by atoms with Crippen LogP contribution in [0.4, 0.5) is 0 Å². The van der Waals surface area contributed by atoms with E-state index in [1.54, 1.807) is 12.4 Å². The Morgan fingerprint density at radius 1 is 1.16 bits per heavy atom. The number of aromatic nitrogens is 1. The highest BCUT2D eigenvalue weighted by Crippen LogP contribution is 2.50. The predicted octanol–water partition coefficient (Wildman–Crippen LogP) is 3.43. The van der Waals surface area contributed by atoms with E-state index >= 15 is 0 Å². The molecule has 1 saturated carbocycles. The van der Waals surface area contributed by atoms with Crippen LogP contribution in [-0.2, 0) is 16.1 Å². The van der Waals surface area contributed by atoms with E-state index < -0.39 is 5.54 Å². The summed E-state index contributed by atoms with van der Waals surface area (Å²) in [7, 11) is 0. The first-order valence-corrected chi connectivity index (χ1v) is 11.4. The molecular formula is C25H29N3O3. The van der Waals surface area contributed by atoms with E-state index in [0.717, 1.165) is 56.3 Å². The lowest BCUT2D eigenvalue weighted by atomic mass is 9.71. The fraction of sp³-hybridized carbons (Fsp3) is 0.480. The number of ether oxygens (including phenoxy) is 1. The van der Waals surface area contributed by atoms with Crippen molar-refractivity contribution in [1.82, 2.24) is 15.2 Å². The van der Waals surface area contributed by atoms with Crippen molar-refractivity contribution in [3.05, 3.63) is 65.5 Å². The molecule has 3 aliphatic rings. The number of hydrogen-bond donors (Lipinski definition) is 1. The van der Waals surface area contributed by atoms with Crippen LogP contribution in [0.5, 0.6) is 0 Å². The van der Waals surface area contributed by atoms with Gasteiger partial charge in [-0.2, -0.15) is 0 Å². The van der Waals surface area contributed by atoms with Gasteiger partial charge in [0, 0.05) is 37.7 Å². The number of fused-ring (bicyclic) bond motifs is 1. The quantitative estimate of drug-likeness (QED) is 0.806. The number of benzene rings is 1. The van der Waals surface area contributed by atoms with E-state index in [2.05, 4.69) is 10.3 Å². The largest absolute Gasteiger partial charge is 0.376 e. The molecule has 162 valence electrons. The summed E-state index contributed by atoms with van der Waals surface area (Å²) in [6.45, 7) is 1.76. The van der Waals surface area contributed by atoms with Gasteiger partial charge in [0.15, 0.2) is 0 Å². The minimum atomic E-state index is -0.476. The molecule has 2 aliphatic heterocycles. The molecule has 3 heterocycles. The molecule has 6 heteroatoms. The Labute approximate surface area is 183 Å². The summed E-state index contributed by atoms with van der Waals surface area (Å²) in [4.78, 5) is 33.5. The van der Waals surface area contributed by atoms with Gasteiger partial charge in [-0.1, -0.05) is 37.1 Å². The van der Waals surface area contributed by atoms with Crippen molar-refractivity contribution < 1.29 is 14.3 Å². The van der Waals surface area contributed by atoms with Gasteiger partial charge in [0.25, 0.3) is 5.91 Å². The van der Waals surface area contributed by atoms with Gasteiger partial charge in [0.2, 0.25) is 5.91 Å². The zero-order chi connectivity index (χ0) is 21.3. The highest BCUT2D eigenvalue weighted by molar-refractivity contribution is 6.02. The van der Waals surface area contributed by atoms with Crippen molar-refractivity contribution in [2.45, 2.75) is 62.6 Å². The molecule has 31 heavy (non-hydrogen) atoms. The van der Waals surface area contributed by atoms with Crippen molar-refractivity contribution in [2.75, 3.05) is 13.2 Å². The summed E-state index contributed by atoms with van der Waals surface area (Å²) in [5.74, 6) is -0.339. The summed E-state index contributed by atoms with van der Waals surface area (Å²) in [5, 5.41) is 3.14. The van der Waals surface area contributed by atoms with Crippen molar-refractivity contribution in [2.24, 2.45) is 0 Å². The topological polar surface area (TPSA) is 71.5 Å². The number of hydrogen-bond acceptors (Lipinski definition) is 4. The Morgan fingerprint density at radius 3 is 2.74 bits per heavy atom. The summed E-state index contributed by atoms with van der Waals surface area (Å²) in [6, 6.07) is 11.5. The fourth-order valence-electron chi connectivity index (χ4n) is 5.72. The third-order valence-corrected chi connectivity index (χ3v) is 7.15. The molecule has 0 radical (unpaired) electrons. The van der Waals surface area contributed by atoms with Gasteiger partial charge in [0.05, 0.1) is 17.6 Å². The van der Waals surface area contributed by atoms with Crippen molar-refractivity contribution in [3.63, 3.8) is 0 Å². The first-order valence-electron chi connectivity index (χ1n) is 11.4. The molecule has 1 aromatic heterocycles. The maximum atomic E-state index is 13.7. The third kappa shape index (κ3) is 3.63. The normalized spacial score (nSPS) is 24.4. The van der Waals surface area contributed by atoms with Crippen LogP contribution in [0.2, 0.25) is 0 Å². The number of carbonyl (C=O) groups excluding carboxylic acids is 2. The lowest BCUT2D eigenvalue weighted by molar-refractivity contribution is -0.127. The standard InChI is InChI=1S/C25H29N3O3/c29-23(27-16-18-7-5-13-26-15-18)22-20-9-1-2-10-21(20)24(30)28(17-19-8-6-14-31-19)25(22)11-3-4-12-25/h1-2,5,7,9-10,13,15,19,22H,3-4,6,8,11-12,14,16-17H2,(H,27,29)/t19-,22-/m0/s1. The predicted molar refractivity (Wildman–Crippen MR) is 116 cm³/mol. The van der Waals surface area contributed by atoms with Crippen molar-refractivity contribution in [3.8, 4) is 0 Å². The van der Waals surface area contributed by atoms with Gasteiger partial charge < -0.3 is 15.0 Å². The first kappa shape index (κ1) is 20.2. The van der Waals surface area contributed by atoms with E-state index in [1.165, 1.54) is 0 Å². The van der Waals surface area contributed by atoms with Crippen molar-refractivity contribution in [1.29, 1.82) is 0 Å².